The molecule has 88 valence electrons. The molecule has 1 aromatic carbocycles. The van der Waals surface area contributed by atoms with Gasteiger partial charge in [-0.3, -0.25) is 5.32 Å². The van der Waals surface area contributed by atoms with E-state index in [0.29, 0.717) is 16.5 Å². The van der Waals surface area contributed by atoms with Crippen LogP contribution in [0.1, 0.15) is 5.56 Å². The zero-order chi connectivity index (χ0) is 12.3. The fourth-order valence-corrected chi connectivity index (χ4v) is 1.45. The SMILES string of the molecule is Cc1ccc(Cl)cc1NC(=O)Nc1ccon1. The Hall–Kier alpha value is -2.01. The van der Waals surface area contributed by atoms with Gasteiger partial charge in [0.1, 0.15) is 6.26 Å². The largest absolute Gasteiger partial charge is 0.363 e. The van der Waals surface area contributed by atoms with Gasteiger partial charge >= 0.3 is 6.03 Å². The summed E-state index contributed by atoms with van der Waals surface area (Å²) < 4.78 is 4.59. The highest BCUT2D eigenvalue weighted by Gasteiger charge is 2.06. The number of rotatable bonds is 2. The minimum Gasteiger partial charge on any atom is -0.363 e. The van der Waals surface area contributed by atoms with E-state index in [2.05, 4.69) is 20.3 Å². The normalized spacial score (nSPS) is 10.0. The van der Waals surface area contributed by atoms with Gasteiger partial charge in [0.2, 0.25) is 0 Å². The molecular weight excluding hydrogens is 242 g/mol. The van der Waals surface area contributed by atoms with Crippen LogP contribution in [0.5, 0.6) is 0 Å². The second-order valence-corrected chi connectivity index (χ2v) is 3.86. The second kappa shape index (κ2) is 4.88. The van der Waals surface area contributed by atoms with Crippen LogP contribution in [0.15, 0.2) is 35.1 Å². The molecule has 0 saturated carbocycles. The molecule has 2 aromatic rings. The number of hydrogen-bond donors (Lipinski definition) is 2. The van der Waals surface area contributed by atoms with E-state index in [9.17, 15) is 4.79 Å². The van der Waals surface area contributed by atoms with Crippen molar-refractivity contribution in [1.29, 1.82) is 0 Å². The van der Waals surface area contributed by atoms with E-state index in [0.717, 1.165) is 5.56 Å². The Balaban J connectivity index is 2.05. The van der Waals surface area contributed by atoms with Crippen LogP contribution in [0.2, 0.25) is 5.02 Å². The van der Waals surface area contributed by atoms with Crippen LogP contribution in [0, 0.1) is 6.92 Å². The molecule has 0 unspecified atom stereocenters. The van der Waals surface area contributed by atoms with Crippen LogP contribution in [-0.2, 0) is 0 Å². The number of urea groups is 1. The van der Waals surface area contributed by atoms with Crippen LogP contribution < -0.4 is 10.6 Å². The summed E-state index contributed by atoms with van der Waals surface area (Å²) in [5.74, 6) is 0.349. The highest BCUT2D eigenvalue weighted by Crippen LogP contribution is 2.20. The third kappa shape index (κ3) is 2.98. The molecule has 0 saturated heterocycles. The molecule has 0 aliphatic carbocycles. The molecule has 0 atom stereocenters. The summed E-state index contributed by atoms with van der Waals surface area (Å²) in [6.07, 6.45) is 1.38. The number of nitrogens with zero attached hydrogens (tertiary/aromatic N) is 1. The molecule has 0 radical (unpaired) electrons. The first-order chi connectivity index (χ1) is 8.15. The molecule has 2 amide bonds. The van der Waals surface area contributed by atoms with Crippen molar-refractivity contribution >= 4 is 29.1 Å². The lowest BCUT2D eigenvalue weighted by Crippen LogP contribution is -2.20. The van der Waals surface area contributed by atoms with E-state index in [-0.39, 0.29) is 0 Å². The molecule has 6 heteroatoms. The summed E-state index contributed by atoms with van der Waals surface area (Å²) in [4.78, 5) is 11.6. The van der Waals surface area contributed by atoms with Gasteiger partial charge in [0.05, 0.1) is 0 Å². The van der Waals surface area contributed by atoms with Crippen LogP contribution >= 0.6 is 11.6 Å². The fraction of sp³-hybridized carbons (Fsp3) is 0.0909. The van der Waals surface area contributed by atoms with Crippen LogP contribution in [0.4, 0.5) is 16.3 Å². The Morgan fingerprint density at radius 1 is 1.35 bits per heavy atom. The number of aromatic nitrogens is 1. The van der Waals surface area contributed by atoms with Crippen molar-refractivity contribution in [3.63, 3.8) is 0 Å². The predicted octanol–water partition coefficient (Wildman–Crippen LogP) is 3.28. The topological polar surface area (TPSA) is 67.2 Å². The van der Waals surface area contributed by atoms with Gasteiger partial charge < -0.3 is 9.84 Å². The monoisotopic (exact) mass is 251 g/mol. The third-order valence-corrected chi connectivity index (χ3v) is 2.36. The van der Waals surface area contributed by atoms with Gasteiger partial charge in [-0.1, -0.05) is 22.8 Å². The van der Waals surface area contributed by atoms with Gasteiger partial charge in [0.15, 0.2) is 5.82 Å². The predicted molar refractivity (Wildman–Crippen MR) is 65.3 cm³/mol. The van der Waals surface area contributed by atoms with Crippen molar-refractivity contribution in [2.24, 2.45) is 0 Å². The van der Waals surface area contributed by atoms with Gasteiger partial charge in [0.25, 0.3) is 0 Å². The molecule has 1 heterocycles. The molecular formula is C11H10ClN3O2. The third-order valence-electron chi connectivity index (χ3n) is 2.13. The van der Waals surface area contributed by atoms with Crippen LogP contribution in [-0.4, -0.2) is 11.2 Å². The molecule has 0 bridgehead atoms. The van der Waals surface area contributed by atoms with Crippen molar-refractivity contribution in [3.8, 4) is 0 Å². The number of nitrogens with one attached hydrogen (secondary N) is 2. The highest BCUT2D eigenvalue weighted by atomic mass is 35.5. The summed E-state index contributed by atoms with van der Waals surface area (Å²) in [6.45, 7) is 1.88. The summed E-state index contributed by atoms with van der Waals surface area (Å²) in [5.41, 5.74) is 1.57. The van der Waals surface area contributed by atoms with Crippen LogP contribution in [0.3, 0.4) is 0 Å². The maximum atomic E-state index is 11.6. The van der Waals surface area contributed by atoms with E-state index in [4.69, 9.17) is 11.6 Å². The van der Waals surface area contributed by atoms with Crippen molar-refractivity contribution in [2.45, 2.75) is 6.92 Å². The van der Waals surface area contributed by atoms with Crippen molar-refractivity contribution in [2.75, 3.05) is 10.6 Å². The number of amides is 2. The molecule has 2 rings (SSSR count). The van der Waals surface area contributed by atoms with Crippen molar-refractivity contribution in [3.05, 3.63) is 41.1 Å². The number of carbonyl (C=O) groups is 1. The van der Waals surface area contributed by atoms with Gasteiger partial charge in [-0.2, -0.15) is 0 Å². The lowest BCUT2D eigenvalue weighted by Gasteiger charge is -2.08. The standard InChI is InChI=1S/C11H10ClN3O2/c1-7-2-3-8(12)6-9(7)13-11(16)14-10-4-5-17-15-10/h2-6H,1H3,(H2,13,14,15,16). The molecule has 2 N–H and O–H groups in total. The van der Waals surface area contributed by atoms with E-state index in [1.165, 1.54) is 6.26 Å². The number of benzene rings is 1. The highest BCUT2D eigenvalue weighted by molar-refractivity contribution is 6.31. The van der Waals surface area contributed by atoms with Crippen molar-refractivity contribution < 1.29 is 9.32 Å². The second-order valence-electron chi connectivity index (χ2n) is 3.42. The average molecular weight is 252 g/mol. The molecule has 5 nitrogen and oxygen atoms in total. The Kier molecular flexibility index (Phi) is 3.30. The molecule has 0 spiro atoms. The van der Waals surface area contributed by atoms with Crippen LogP contribution in [0.25, 0.3) is 0 Å². The Morgan fingerprint density at radius 3 is 2.88 bits per heavy atom. The number of halogens is 1. The Morgan fingerprint density at radius 2 is 2.18 bits per heavy atom. The summed E-state index contributed by atoms with van der Waals surface area (Å²) in [7, 11) is 0. The first kappa shape index (κ1) is 11.5. The fourth-order valence-electron chi connectivity index (χ4n) is 1.28. The van der Waals surface area contributed by atoms with Gasteiger partial charge in [-0.05, 0) is 24.6 Å². The average Bonchev–Trinajstić information content (AvgIpc) is 2.76. The number of anilines is 2. The summed E-state index contributed by atoms with van der Waals surface area (Å²) >= 11 is 5.84. The van der Waals surface area contributed by atoms with E-state index < -0.39 is 6.03 Å². The van der Waals surface area contributed by atoms with Gasteiger partial charge in [-0.25, -0.2) is 4.79 Å². The Bertz CT molecular complexity index is 526. The maximum absolute atomic E-state index is 11.6. The first-order valence-electron chi connectivity index (χ1n) is 4.90. The summed E-state index contributed by atoms with van der Waals surface area (Å²) in [6, 6.07) is 6.42. The maximum Gasteiger partial charge on any atom is 0.324 e. The van der Waals surface area contributed by atoms with Gasteiger partial charge in [0, 0.05) is 16.8 Å². The molecule has 17 heavy (non-hydrogen) atoms. The van der Waals surface area contributed by atoms with E-state index in [1.807, 2.05) is 13.0 Å². The Labute approximate surface area is 103 Å². The quantitative estimate of drug-likeness (QED) is 0.861. The lowest BCUT2D eigenvalue weighted by atomic mass is 10.2. The molecule has 1 aromatic heterocycles. The lowest BCUT2D eigenvalue weighted by molar-refractivity contribution is 0.262. The summed E-state index contributed by atoms with van der Waals surface area (Å²) in [5, 5.41) is 9.32. The first-order valence-corrected chi connectivity index (χ1v) is 5.27. The zero-order valence-corrected chi connectivity index (χ0v) is 9.78. The van der Waals surface area contributed by atoms with E-state index in [1.54, 1.807) is 18.2 Å². The number of carbonyl (C=O) groups excluding carboxylic acids is 1. The molecule has 0 aliphatic heterocycles. The number of hydrogen-bond acceptors (Lipinski definition) is 3. The van der Waals surface area contributed by atoms with Crippen molar-refractivity contribution in [1.82, 2.24) is 5.16 Å². The smallest absolute Gasteiger partial charge is 0.324 e. The van der Waals surface area contributed by atoms with E-state index >= 15 is 0 Å². The minimum atomic E-state index is -0.399. The molecule has 0 fully saturated rings. The minimum absolute atomic E-state index is 0.349. The number of aryl methyl sites for hydroxylation is 1. The van der Waals surface area contributed by atoms with Gasteiger partial charge in [-0.15, -0.1) is 0 Å². The molecule has 0 aliphatic rings. The zero-order valence-electron chi connectivity index (χ0n) is 9.03.